The van der Waals surface area contributed by atoms with Gasteiger partial charge in [0.25, 0.3) is 40.5 Å². The van der Waals surface area contributed by atoms with Crippen LogP contribution in [0.4, 0.5) is 33.6 Å². The molecule has 0 bridgehead atoms. The van der Waals surface area contributed by atoms with Crippen LogP contribution in [0.3, 0.4) is 0 Å². The number of aromatic nitrogens is 3. The number of ether oxygens (including phenoxy) is 1. The van der Waals surface area contributed by atoms with Crippen LogP contribution >= 0.6 is 23.1 Å². The van der Waals surface area contributed by atoms with Gasteiger partial charge in [0.05, 0.1) is 69.0 Å². The van der Waals surface area contributed by atoms with Crippen molar-refractivity contribution < 1.29 is 71.9 Å². The molecule has 0 radical (unpaired) electrons. The molecule has 26 nitrogen and oxygen atoms in total. The van der Waals surface area contributed by atoms with E-state index in [2.05, 4.69) is 46.7 Å². The second-order valence-electron chi connectivity index (χ2n) is 16.7. The number of aliphatic hydroxyl groups is 2. The van der Waals surface area contributed by atoms with Crippen LogP contribution in [-0.2, 0) is 53.7 Å². The normalized spacial score (nSPS) is 12.9. The maximum absolute atomic E-state index is 12.6. The number of thioether (sulfide) groups is 1. The molecule has 3 heterocycles. The first-order valence-corrected chi connectivity index (χ1v) is 30.0. The van der Waals surface area contributed by atoms with E-state index >= 15 is 0 Å². The molecule has 3 aromatic heterocycles. The van der Waals surface area contributed by atoms with Crippen molar-refractivity contribution in [1.29, 1.82) is 5.26 Å². The Morgan fingerprint density at radius 2 is 1.40 bits per heavy atom. The van der Waals surface area contributed by atoms with E-state index in [0.717, 1.165) is 30.0 Å². The fourth-order valence-electron chi connectivity index (χ4n) is 7.77. The SMILES string of the molecule is Cc1cc(N=Nc2c(C)c(C#N)c3nc4ccccc4n3c2O)c(OCCCS(=O)(=O)O)cc1N=Nc1cc(CO)c(N=Nc2nc3c(S(=O)(=O)O)cc4c(CO)cc(S(=O)(=O)O)cc4c3s2)cc1SCCCS(=O)(=O)O. The third-order valence-electron chi connectivity index (χ3n) is 11.4. The van der Waals surface area contributed by atoms with E-state index in [1.807, 2.05) is 0 Å². The summed E-state index contributed by atoms with van der Waals surface area (Å²) in [4.78, 5) is 7.68. The van der Waals surface area contributed by atoms with Crippen molar-refractivity contribution in [3.8, 4) is 17.7 Å². The average Bonchev–Trinajstić information content (AvgIpc) is 4.03. The number of imidazole rings is 1. The lowest BCUT2D eigenvalue weighted by Crippen LogP contribution is -2.08. The van der Waals surface area contributed by atoms with Crippen LogP contribution in [0.5, 0.6) is 11.6 Å². The van der Waals surface area contributed by atoms with Gasteiger partial charge in [-0.3, -0.25) is 22.6 Å². The minimum atomic E-state index is -5.00. The van der Waals surface area contributed by atoms with Gasteiger partial charge in [-0.2, -0.15) is 44.0 Å². The highest BCUT2D eigenvalue weighted by atomic mass is 32.2. The minimum Gasteiger partial charge on any atom is -0.493 e. The Hall–Kier alpha value is -7.00. The number of azo groups is 3. The van der Waals surface area contributed by atoms with Crippen molar-refractivity contribution in [3.05, 3.63) is 94.5 Å². The van der Waals surface area contributed by atoms with Crippen molar-refractivity contribution in [2.45, 2.75) is 54.6 Å². The summed E-state index contributed by atoms with van der Waals surface area (Å²) >= 11 is 1.76. The second-order valence-corrected chi connectivity index (χ2v) is 24.7. The van der Waals surface area contributed by atoms with Gasteiger partial charge in [0.15, 0.2) is 11.3 Å². The van der Waals surface area contributed by atoms with Gasteiger partial charge >= 0.3 is 0 Å². The molecule has 0 unspecified atom stereocenters. The topological polar surface area (TPSA) is 416 Å². The lowest BCUT2D eigenvalue weighted by Gasteiger charge is -2.12. The lowest BCUT2D eigenvalue weighted by atomic mass is 10.0. The maximum Gasteiger partial charge on any atom is 0.296 e. The van der Waals surface area contributed by atoms with E-state index in [1.165, 1.54) is 28.7 Å². The van der Waals surface area contributed by atoms with Gasteiger partial charge in [0.2, 0.25) is 11.0 Å². The first-order chi connectivity index (χ1) is 36.3. The van der Waals surface area contributed by atoms with Gasteiger partial charge < -0.3 is 20.1 Å². The molecule has 0 saturated carbocycles. The quantitative estimate of drug-likeness (QED) is 0.0162. The van der Waals surface area contributed by atoms with Crippen molar-refractivity contribution >= 4 is 135 Å². The molecule has 0 aliphatic heterocycles. The highest BCUT2D eigenvalue weighted by Crippen LogP contribution is 2.44. The third kappa shape index (κ3) is 12.6. The Balaban J connectivity index is 1.19. The van der Waals surface area contributed by atoms with E-state index in [1.54, 1.807) is 38.1 Å². The zero-order valence-corrected chi connectivity index (χ0v) is 44.6. The smallest absolute Gasteiger partial charge is 0.296 e. The molecule has 0 saturated heterocycles. The highest BCUT2D eigenvalue weighted by Gasteiger charge is 2.25. The Bertz CT molecular complexity index is 4330. The molecule has 0 atom stereocenters. The molecule has 32 heteroatoms. The summed E-state index contributed by atoms with van der Waals surface area (Å²) in [5.74, 6) is -1.54. The molecule has 7 N–H and O–H groups in total. The first-order valence-electron chi connectivity index (χ1n) is 22.1. The van der Waals surface area contributed by atoms with Gasteiger partial charge in [-0.15, -0.1) is 37.3 Å². The Kier molecular flexibility index (Phi) is 16.2. The van der Waals surface area contributed by atoms with E-state index in [4.69, 9.17) is 4.74 Å². The maximum atomic E-state index is 12.6. The summed E-state index contributed by atoms with van der Waals surface area (Å²) in [6.07, 6.45) is -0.201. The van der Waals surface area contributed by atoms with Crippen LogP contribution < -0.4 is 4.74 Å². The number of nitriles is 1. The van der Waals surface area contributed by atoms with E-state index < -0.39 is 75.0 Å². The number of aromatic hydroxyl groups is 1. The fraction of sp³-hybridized carbons (Fsp3) is 0.222. The molecule has 0 fully saturated rings. The number of hydrogen-bond donors (Lipinski definition) is 7. The minimum absolute atomic E-state index is 0.00547. The predicted molar refractivity (Wildman–Crippen MR) is 281 cm³/mol. The van der Waals surface area contributed by atoms with Gasteiger partial charge in [-0.1, -0.05) is 23.5 Å². The Labute approximate surface area is 445 Å². The van der Waals surface area contributed by atoms with E-state index in [0.29, 0.717) is 27.9 Å². The molecule has 0 amide bonds. The van der Waals surface area contributed by atoms with Crippen molar-refractivity contribution in [2.24, 2.45) is 30.7 Å². The third-order valence-corrected chi connectivity index (χ3v) is 16.8. The number of nitrogens with zero attached hydrogens (tertiary/aromatic N) is 10. The number of fused-ring (bicyclic) bond motifs is 6. The zero-order chi connectivity index (χ0) is 55.8. The molecular weight excluding hydrogens is 1130 g/mol. The van der Waals surface area contributed by atoms with Crippen LogP contribution in [0.1, 0.15) is 40.7 Å². The Morgan fingerprint density at radius 3 is 2.08 bits per heavy atom. The average molecular weight is 1170 g/mol. The van der Waals surface area contributed by atoms with Crippen LogP contribution in [0.2, 0.25) is 0 Å². The van der Waals surface area contributed by atoms with Crippen molar-refractivity contribution in [2.75, 3.05) is 23.9 Å². The zero-order valence-electron chi connectivity index (χ0n) is 39.7. The number of benzene rings is 5. The summed E-state index contributed by atoms with van der Waals surface area (Å²) in [5, 5.41) is 68.0. The van der Waals surface area contributed by atoms with Crippen LogP contribution in [0.15, 0.2) is 112 Å². The van der Waals surface area contributed by atoms with E-state index in [-0.39, 0.29) is 124 Å². The standard InChI is InChI=1S/C45H40N10O16S6/c1-23-13-34(51-53-40-24(2)30(20-46)43-47-31-7-3-4-8-36(31)55(43)44(40)58)37(71-9-5-11-74(59,60)61)18-32(23)49-52-35-15-26(22-57)33(19-38(35)72-10-6-12-75(62,63)64)50-54-45-48-41-39(77(68,69)70)17-28-25(21-56)14-27(76(65,66)67)16-29(28)42(41)73-45/h3-4,7-8,13-19,56-58H,5-6,9-12,21-22H2,1-2H3,(H,59,60,61)(H,62,63,64)(H,65,66,67)(H,68,69,70). The monoisotopic (exact) mass is 1170 g/mol. The number of hydrogen-bond acceptors (Lipinski definition) is 23. The molecule has 402 valence electrons. The lowest BCUT2D eigenvalue weighted by molar-refractivity contribution is 0.282. The van der Waals surface area contributed by atoms with Crippen molar-refractivity contribution in [3.63, 3.8) is 0 Å². The number of para-hydroxylation sites is 2. The van der Waals surface area contributed by atoms with Gasteiger partial charge in [-0.25, -0.2) is 9.97 Å². The van der Waals surface area contributed by atoms with E-state index in [9.17, 15) is 72.5 Å². The molecule has 0 aliphatic rings. The largest absolute Gasteiger partial charge is 0.493 e. The number of rotatable bonds is 20. The summed E-state index contributed by atoms with van der Waals surface area (Å²) in [6, 6.07) is 17.6. The van der Waals surface area contributed by atoms with Gasteiger partial charge in [0.1, 0.15) is 33.5 Å². The molecule has 77 heavy (non-hydrogen) atoms. The van der Waals surface area contributed by atoms with Crippen LogP contribution in [0.25, 0.3) is 37.7 Å². The van der Waals surface area contributed by atoms with Gasteiger partial charge in [0, 0.05) is 27.5 Å². The molecule has 0 spiro atoms. The summed E-state index contributed by atoms with van der Waals surface area (Å²) < 4.78 is 142. The summed E-state index contributed by atoms with van der Waals surface area (Å²) in [7, 11) is -18.5. The first kappa shape index (κ1) is 56.2. The number of thiazole rings is 1. The fourth-order valence-corrected chi connectivity index (χ4v) is 12.1. The number of pyridine rings is 1. The van der Waals surface area contributed by atoms with Gasteiger partial charge in [-0.05, 0) is 97.5 Å². The van der Waals surface area contributed by atoms with Crippen molar-refractivity contribution in [1.82, 2.24) is 14.4 Å². The summed E-state index contributed by atoms with van der Waals surface area (Å²) in [5.41, 5.74) is 1.85. The predicted octanol–water partition coefficient (Wildman–Crippen LogP) is 9.20. The summed E-state index contributed by atoms with van der Waals surface area (Å²) in [6.45, 7) is 1.46. The van der Waals surface area contributed by atoms with Crippen LogP contribution in [-0.4, -0.2) is 105 Å². The molecule has 8 aromatic rings. The Morgan fingerprint density at radius 1 is 0.727 bits per heavy atom. The molecule has 5 aromatic carbocycles. The van der Waals surface area contributed by atoms with Crippen LogP contribution in [0, 0.1) is 25.2 Å². The highest BCUT2D eigenvalue weighted by molar-refractivity contribution is 7.99. The molecule has 8 rings (SSSR count). The second kappa shape index (κ2) is 22.2. The molecular formula is C45H40N10O16S6. The number of aliphatic hydroxyl groups excluding tert-OH is 2. The molecule has 0 aliphatic carbocycles. The number of aryl methyl sites for hydroxylation is 1.